The standard InChI is InChI=1S/C28H28N4O2/c33-28(11-6-18-34-25-13-12-22-7-4-5-10-24(22)19-25)32-16-14-31(15-17-32)27-20-26(29-21-30-27)23-8-2-1-3-9-23/h1-5,7-10,12-13,19-21H,6,11,14-18H2. The van der Waals surface area contributed by atoms with Gasteiger partial charge >= 0.3 is 0 Å². The Morgan fingerprint density at radius 1 is 0.824 bits per heavy atom. The molecule has 0 N–H and O–H groups in total. The van der Waals surface area contributed by atoms with Gasteiger partial charge in [0.2, 0.25) is 5.91 Å². The quantitative estimate of drug-likeness (QED) is 0.377. The first-order valence-electron chi connectivity index (χ1n) is 11.8. The van der Waals surface area contributed by atoms with Gasteiger partial charge < -0.3 is 14.5 Å². The fourth-order valence-electron chi connectivity index (χ4n) is 4.30. The predicted molar refractivity (Wildman–Crippen MR) is 135 cm³/mol. The fraction of sp³-hybridized carbons (Fsp3) is 0.250. The van der Waals surface area contributed by atoms with Gasteiger partial charge in [-0.1, -0.05) is 60.7 Å². The highest BCUT2D eigenvalue weighted by atomic mass is 16.5. The lowest BCUT2D eigenvalue weighted by molar-refractivity contribution is -0.131. The van der Waals surface area contributed by atoms with Crippen molar-refractivity contribution in [2.24, 2.45) is 0 Å². The molecule has 1 aliphatic heterocycles. The van der Waals surface area contributed by atoms with E-state index < -0.39 is 0 Å². The molecule has 1 fully saturated rings. The summed E-state index contributed by atoms with van der Waals surface area (Å²) in [6.45, 7) is 3.48. The largest absolute Gasteiger partial charge is 0.494 e. The number of carbonyl (C=O) groups excluding carboxylic acids is 1. The maximum atomic E-state index is 12.7. The molecule has 1 amide bonds. The Balaban J connectivity index is 1.08. The van der Waals surface area contributed by atoms with E-state index in [9.17, 15) is 4.79 Å². The van der Waals surface area contributed by atoms with E-state index in [2.05, 4.69) is 33.1 Å². The van der Waals surface area contributed by atoms with Crippen molar-refractivity contribution in [3.05, 3.63) is 85.2 Å². The maximum absolute atomic E-state index is 12.7. The van der Waals surface area contributed by atoms with Crippen LogP contribution >= 0.6 is 0 Å². The fourth-order valence-corrected chi connectivity index (χ4v) is 4.30. The van der Waals surface area contributed by atoms with Gasteiger partial charge in [-0.2, -0.15) is 0 Å². The molecule has 1 saturated heterocycles. The third-order valence-corrected chi connectivity index (χ3v) is 6.20. The summed E-state index contributed by atoms with van der Waals surface area (Å²) < 4.78 is 5.88. The molecule has 34 heavy (non-hydrogen) atoms. The molecule has 2 heterocycles. The Labute approximate surface area is 199 Å². The van der Waals surface area contributed by atoms with Crippen molar-refractivity contribution < 1.29 is 9.53 Å². The van der Waals surface area contributed by atoms with Crippen molar-refractivity contribution in [2.75, 3.05) is 37.7 Å². The van der Waals surface area contributed by atoms with Crippen molar-refractivity contribution >= 4 is 22.5 Å². The molecule has 0 aliphatic carbocycles. The van der Waals surface area contributed by atoms with E-state index in [-0.39, 0.29) is 5.91 Å². The lowest BCUT2D eigenvalue weighted by atomic mass is 10.1. The molecule has 0 unspecified atom stereocenters. The summed E-state index contributed by atoms with van der Waals surface area (Å²) in [6, 6.07) is 26.5. The van der Waals surface area contributed by atoms with Crippen LogP contribution in [-0.2, 0) is 4.79 Å². The predicted octanol–water partition coefficient (Wildman–Crippen LogP) is 4.80. The Morgan fingerprint density at radius 2 is 1.59 bits per heavy atom. The van der Waals surface area contributed by atoms with Crippen LogP contribution in [0.2, 0.25) is 0 Å². The van der Waals surface area contributed by atoms with E-state index >= 15 is 0 Å². The van der Waals surface area contributed by atoms with Gasteiger partial charge in [0.15, 0.2) is 0 Å². The monoisotopic (exact) mass is 452 g/mol. The summed E-state index contributed by atoms with van der Waals surface area (Å²) in [5.41, 5.74) is 1.99. The number of rotatable bonds is 7. The van der Waals surface area contributed by atoms with Crippen molar-refractivity contribution in [3.8, 4) is 17.0 Å². The minimum absolute atomic E-state index is 0.189. The van der Waals surface area contributed by atoms with Gasteiger partial charge in [-0.25, -0.2) is 9.97 Å². The number of nitrogens with zero attached hydrogens (tertiary/aromatic N) is 4. The van der Waals surface area contributed by atoms with Crippen molar-refractivity contribution in [1.29, 1.82) is 0 Å². The lowest BCUT2D eigenvalue weighted by Crippen LogP contribution is -2.49. The SMILES string of the molecule is O=C(CCCOc1ccc2ccccc2c1)N1CCN(c2cc(-c3ccccc3)ncn2)CC1. The Kier molecular flexibility index (Phi) is 6.66. The van der Waals surface area contributed by atoms with Gasteiger partial charge in [0.25, 0.3) is 0 Å². The van der Waals surface area contributed by atoms with E-state index in [0.29, 0.717) is 32.5 Å². The number of fused-ring (bicyclic) bond motifs is 1. The van der Waals surface area contributed by atoms with E-state index in [4.69, 9.17) is 4.74 Å². The minimum Gasteiger partial charge on any atom is -0.494 e. The number of ether oxygens (including phenoxy) is 1. The van der Waals surface area contributed by atoms with Crippen molar-refractivity contribution in [1.82, 2.24) is 14.9 Å². The molecule has 0 atom stereocenters. The second-order valence-corrected chi connectivity index (χ2v) is 8.46. The van der Waals surface area contributed by atoms with Crippen LogP contribution in [0.3, 0.4) is 0 Å². The molecule has 5 rings (SSSR count). The molecule has 1 aliphatic rings. The number of aromatic nitrogens is 2. The Morgan fingerprint density at radius 3 is 2.41 bits per heavy atom. The van der Waals surface area contributed by atoms with E-state index in [0.717, 1.165) is 41.3 Å². The summed E-state index contributed by atoms with van der Waals surface area (Å²) in [5, 5.41) is 2.36. The molecule has 0 saturated carbocycles. The van der Waals surface area contributed by atoms with Gasteiger partial charge in [-0.3, -0.25) is 4.79 Å². The second-order valence-electron chi connectivity index (χ2n) is 8.46. The van der Waals surface area contributed by atoms with Crippen LogP contribution < -0.4 is 9.64 Å². The van der Waals surface area contributed by atoms with Crippen LogP contribution in [0.5, 0.6) is 5.75 Å². The highest BCUT2D eigenvalue weighted by Gasteiger charge is 2.22. The topological polar surface area (TPSA) is 58.6 Å². The molecule has 3 aromatic carbocycles. The Bertz CT molecular complexity index is 1250. The third-order valence-electron chi connectivity index (χ3n) is 6.20. The van der Waals surface area contributed by atoms with Crippen molar-refractivity contribution in [3.63, 3.8) is 0 Å². The average molecular weight is 453 g/mol. The van der Waals surface area contributed by atoms with Gasteiger partial charge in [0, 0.05) is 44.2 Å². The highest BCUT2D eigenvalue weighted by molar-refractivity contribution is 5.83. The molecule has 0 radical (unpaired) electrons. The number of amides is 1. The summed E-state index contributed by atoms with van der Waals surface area (Å²) in [6.07, 6.45) is 2.82. The van der Waals surface area contributed by atoms with Crippen LogP contribution in [0.15, 0.2) is 85.2 Å². The van der Waals surface area contributed by atoms with E-state index in [1.165, 1.54) is 5.39 Å². The lowest BCUT2D eigenvalue weighted by Gasteiger charge is -2.35. The molecule has 1 aromatic heterocycles. The number of hydrogen-bond acceptors (Lipinski definition) is 5. The summed E-state index contributed by atoms with van der Waals surface area (Å²) in [4.78, 5) is 25.7. The molecule has 4 aromatic rings. The highest BCUT2D eigenvalue weighted by Crippen LogP contribution is 2.22. The zero-order valence-electron chi connectivity index (χ0n) is 19.1. The molecule has 0 bridgehead atoms. The first-order valence-corrected chi connectivity index (χ1v) is 11.8. The zero-order valence-corrected chi connectivity index (χ0v) is 19.1. The first-order chi connectivity index (χ1) is 16.8. The second kappa shape index (κ2) is 10.3. The number of anilines is 1. The van der Waals surface area contributed by atoms with Crippen molar-refractivity contribution in [2.45, 2.75) is 12.8 Å². The van der Waals surface area contributed by atoms with Gasteiger partial charge in [0.05, 0.1) is 12.3 Å². The molecular weight excluding hydrogens is 424 g/mol. The number of piperazine rings is 1. The van der Waals surface area contributed by atoms with Crippen LogP contribution in [0.25, 0.3) is 22.0 Å². The third kappa shape index (κ3) is 5.17. The number of benzene rings is 3. The summed E-state index contributed by atoms with van der Waals surface area (Å²) >= 11 is 0. The maximum Gasteiger partial charge on any atom is 0.222 e. The number of hydrogen-bond donors (Lipinski definition) is 0. The molecule has 6 heteroatoms. The van der Waals surface area contributed by atoms with Gasteiger partial charge in [-0.15, -0.1) is 0 Å². The number of carbonyl (C=O) groups is 1. The smallest absolute Gasteiger partial charge is 0.222 e. The first kappa shape index (κ1) is 21.9. The zero-order chi connectivity index (χ0) is 23.2. The van der Waals surface area contributed by atoms with Crippen LogP contribution in [0.1, 0.15) is 12.8 Å². The van der Waals surface area contributed by atoms with E-state index in [1.807, 2.05) is 65.6 Å². The Hall–Kier alpha value is -3.93. The molecule has 0 spiro atoms. The van der Waals surface area contributed by atoms with Crippen LogP contribution in [-0.4, -0.2) is 53.6 Å². The van der Waals surface area contributed by atoms with Gasteiger partial charge in [-0.05, 0) is 29.3 Å². The van der Waals surface area contributed by atoms with Crippen LogP contribution in [0, 0.1) is 0 Å². The van der Waals surface area contributed by atoms with Gasteiger partial charge in [0.1, 0.15) is 17.9 Å². The molecule has 172 valence electrons. The van der Waals surface area contributed by atoms with E-state index in [1.54, 1.807) is 6.33 Å². The normalized spacial score (nSPS) is 13.8. The summed E-state index contributed by atoms with van der Waals surface area (Å²) in [7, 11) is 0. The van der Waals surface area contributed by atoms with Crippen LogP contribution in [0.4, 0.5) is 5.82 Å². The molecule has 6 nitrogen and oxygen atoms in total. The molecular formula is C28H28N4O2. The average Bonchev–Trinajstić information content (AvgIpc) is 2.91. The minimum atomic E-state index is 0.189. The summed E-state index contributed by atoms with van der Waals surface area (Å²) in [5.74, 6) is 1.94.